The van der Waals surface area contributed by atoms with Gasteiger partial charge in [-0.1, -0.05) is 42.5 Å². The summed E-state index contributed by atoms with van der Waals surface area (Å²) >= 11 is 0. The van der Waals surface area contributed by atoms with Gasteiger partial charge in [-0.15, -0.1) is 0 Å². The lowest BCUT2D eigenvalue weighted by Crippen LogP contribution is -2.53. The summed E-state index contributed by atoms with van der Waals surface area (Å²) < 4.78 is 18.5. The van der Waals surface area contributed by atoms with E-state index in [1.807, 2.05) is 46.2 Å². The van der Waals surface area contributed by atoms with Crippen LogP contribution >= 0.6 is 0 Å². The van der Waals surface area contributed by atoms with Gasteiger partial charge in [0.2, 0.25) is 5.91 Å². The molecule has 0 saturated carbocycles. The molecule has 2 aliphatic rings. The van der Waals surface area contributed by atoms with Crippen molar-refractivity contribution in [1.82, 2.24) is 9.80 Å². The van der Waals surface area contributed by atoms with Crippen LogP contribution in [0.1, 0.15) is 23.6 Å². The average Bonchev–Trinajstić information content (AvgIpc) is 3.08. The predicted molar refractivity (Wildman–Crippen MR) is 102 cm³/mol. The summed E-state index contributed by atoms with van der Waals surface area (Å²) in [6.45, 7) is 1.41. The molecular formula is C22H23FN2O3. The molecule has 0 N–H and O–H groups in total. The lowest BCUT2D eigenvalue weighted by molar-refractivity contribution is -0.147. The van der Waals surface area contributed by atoms with Gasteiger partial charge >= 0.3 is 5.97 Å². The molecule has 0 aromatic heterocycles. The van der Waals surface area contributed by atoms with Gasteiger partial charge in [0.1, 0.15) is 5.82 Å². The molecule has 6 heteroatoms. The zero-order valence-electron chi connectivity index (χ0n) is 15.8. The van der Waals surface area contributed by atoms with Crippen LogP contribution in [0.15, 0.2) is 54.6 Å². The van der Waals surface area contributed by atoms with Gasteiger partial charge in [0.05, 0.1) is 25.6 Å². The van der Waals surface area contributed by atoms with E-state index in [0.717, 1.165) is 11.1 Å². The summed E-state index contributed by atoms with van der Waals surface area (Å²) in [6.07, 6.45) is 0.567. The molecule has 0 bridgehead atoms. The van der Waals surface area contributed by atoms with Crippen molar-refractivity contribution in [3.8, 4) is 0 Å². The maximum Gasteiger partial charge on any atom is 0.311 e. The Morgan fingerprint density at radius 1 is 1.18 bits per heavy atom. The summed E-state index contributed by atoms with van der Waals surface area (Å²) in [4.78, 5) is 29.4. The van der Waals surface area contributed by atoms with Crippen LogP contribution < -0.4 is 0 Å². The van der Waals surface area contributed by atoms with Crippen molar-refractivity contribution in [3.05, 3.63) is 71.5 Å². The number of fused-ring (bicyclic) bond motifs is 1. The number of carbonyl (C=O) groups is 2. The Morgan fingerprint density at radius 3 is 2.68 bits per heavy atom. The number of piperazine rings is 1. The molecule has 2 aromatic carbocycles. The minimum Gasteiger partial charge on any atom is -0.469 e. The highest BCUT2D eigenvalue weighted by molar-refractivity contribution is 5.83. The van der Waals surface area contributed by atoms with Crippen LogP contribution in [-0.4, -0.2) is 47.9 Å². The fourth-order valence-electron chi connectivity index (χ4n) is 4.55. The Bertz CT molecular complexity index is 873. The average molecular weight is 382 g/mol. The second kappa shape index (κ2) is 7.72. The van der Waals surface area contributed by atoms with Crippen molar-refractivity contribution in [2.24, 2.45) is 5.92 Å². The summed E-state index contributed by atoms with van der Waals surface area (Å²) in [6, 6.07) is 15.7. The Hall–Kier alpha value is -2.73. The first-order valence-electron chi connectivity index (χ1n) is 9.47. The second-order valence-electron chi connectivity index (χ2n) is 7.48. The molecule has 1 amide bonds. The minimum atomic E-state index is -0.379. The van der Waals surface area contributed by atoms with Gasteiger partial charge in [-0.2, -0.15) is 0 Å². The van der Waals surface area contributed by atoms with Gasteiger partial charge < -0.3 is 9.64 Å². The van der Waals surface area contributed by atoms with Crippen LogP contribution in [0, 0.1) is 11.7 Å². The van der Waals surface area contributed by atoms with Gasteiger partial charge in [0.15, 0.2) is 0 Å². The van der Waals surface area contributed by atoms with Crippen molar-refractivity contribution in [2.45, 2.75) is 25.0 Å². The van der Waals surface area contributed by atoms with Crippen LogP contribution in [0.3, 0.4) is 0 Å². The Kier molecular flexibility index (Phi) is 5.13. The standard InChI is InChI=1S/C22H23FN2O3/c1-28-22(27)19-11-18-13-24(12-15-6-5-9-17(23)10-15)14-20(26)25(18)21(19)16-7-3-2-4-8-16/h2-10,18-19,21H,11-14H2,1H3/t18-,19-,21-/m0/s1. The van der Waals surface area contributed by atoms with E-state index in [4.69, 9.17) is 4.74 Å². The summed E-state index contributed by atoms with van der Waals surface area (Å²) in [5.74, 6) is -0.950. The van der Waals surface area contributed by atoms with Crippen molar-refractivity contribution >= 4 is 11.9 Å². The molecule has 28 heavy (non-hydrogen) atoms. The third kappa shape index (κ3) is 3.52. The van der Waals surface area contributed by atoms with Gasteiger partial charge in [-0.05, 0) is 29.7 Å². The number of amides is 1. The number of esters is 1. The van der Waals surface area contributed by atoms with Gasteiger partial charge in [-0.3, -0.25) is 14.5 Å². The molecule has 2 aliphatic heterocycles. The highest BCUT2D eigenvalue weighted by Gasteiger charge is 2.50. The minimum absolute atomic E-state index is 0.00657. The van der Waals surface area contributed by atoms with Crippen molar-refractivity contribution < 1.29 is 18.7 Å². The number of hydrogen-bond acceptors (Lipinski definition) is 4. The molecule has 3 atom stereocenters. The first-order valence-corrected chi connectivity index (χ1v) is 9.47. The number of benzene rings is 2. The van der Waals surface area contributed by atoms with E-state index in [2.05, 4.69) is 0 Å². The molecule has 2 saturated heterocycles. The fourth-order valence-corrected chi connectivity index (χ4v) is 4.55. The first-order chi connectivity index (χ1) is 13.6. The monoisotopic (exact) mass is 382 g/mol. The predicted octanol–water partition coefficient (Wildman–Crippen LogP) is 2.77. The van der Waals surface area contributed by atoms with Crippen molar-refractivity contribution in [3.63, 3.8) is 0 Å². The van der Waals surface area contributed by atoms with Crippen LogP contribution in [-0.2, 0) is 20.9 Å². The Morgan fingerprint density at radius 2 is 1.96 bits per heavy atom. The molecule has 2 heterocycles. The number of ether oxygens (including phenoxy) is 1. The number of hydrogen-bond donors (Lipinski definition) is 0. The normalized spacial score (nSPS) is 24.9. The van der Waals surface area contributed by atoms with Crippen molar-refractivity contribution in [1.29, 1.82) is 0 Å². The van der Waals surface area contributed by atoms with E-state index in [-0.39, 0.29) is 42.2 Å². The molecular weight excluding hydrogens is 359 g/mol. The van der Waals surface area contributed by atoms with Gasteiger partial charge in [-0.25, -0.2) is 4.39 Å². The van der Waals surface area contributed by atoms with E-state index in [1.165, 1.54) is 19.2 Å². The van der Waals surface area contributed by atoms with E-state index in [0.29, 0.717) is 19.5 Å². The van der Waals surface area contributed by atoms with Crippen LogP contribution in [0.5, 0.6) is 0 Å². The van der Waals surface area contributed by atoms with Crippen LogP contribution in [0.25, 0.3) is 0 Å². The topological polar surface area (TPSA) is 49.9 Å². The molecule has 5 nitrogen and oxygen atoms in total. The number of carbonyl (C=O) groups excluding carboxylic acids is 2. The van der Waals surface area contributed by atoms with Crippen LogP contribution in [0.2, 0.25) is 0 Å². The summed E-state index contributed by atoms with van der Waals surface area (Å²) in [7, 11) is 1.39. The maximum absolute atomic E-state index is 13.5. The molecule has 0 spiro atoms. The SMILES string of the molecule is COC(=O)[C@H]1C[C@H]2CN(Cc3cccc(F)c3)CC(=O)N2[C@H]1c1ccccc1. The van der Waals surface area contributed by atoms with E-state index < -0.39 is 0 Å². The molecule has 2 aromatic rings. The lowest BCUT2D eigenvalue weighted by atomic mass is 9.93. The summed E-state index contributed by atoms with van der Waals surface area (Å²) in [5.41, 5.74) is 1.79. The molecule has 0 radical (unpaired) electrons. The zero-order chi connectivity index (χ0) is 19.7. The van der Waals surface area contributed by atoms with E-state index >= 15 is 0 Å². The molecule has 4 rings (SSSR count). The second-order valence-corrected chi connectivity index (χ2v) is 7.48. The molecule has 0 unspecified atom stereocenters. The smallest absolute Gasteiger partial charge is 0.311 e. The van der Waals surface area contributed by atoms with E-state index in [1.54, 1.807) is 6.07 Å². The third-order valence-corrected chi connectivity index (χ3v) is 5.66. The van der Waals surface area contributed by atoms with E-state index in [9.17, 15) is 14.0 Å². The maximum atomic E-state index is 13.5. The first kappa shape index (κ1) is 18.6. The molecule has 2 fully saturated rings. The Balaban J connectivity index is 1.58. The highest BCUT2D eigenvalue weighted by Crippen LogP contribution is 2.43. The number of halogens is 1. The number of nitrogens with zero attached hydrogens (tertiary/aromatic N) is 2. The molecule has 0 aliphatic carbocycles. The number of rotatable bonds is 4. The zero-order valence-corrected chi connectivity index (χ0v) is 15.8. The summed E-state index contributed by atoms with van der Waals surface area (Å²) in [5, 5.41) is 0. The van der Waals surface area contributed by atoms with Gasteiger partial charge in [0.25, 0.3) is 0 Å². The van der Waals surface area contributed by atoms with Crippen molar-refractivity contribution in [2.75, 3.05) is 20.2 Å². The third-order valence-electron chi connectivity index (χ3n) is 5.66. The number of methoxy groups -OCH3 is 1. The van der Waals surface area contributed by atoms with Crippen LogP contribution in [0.4, 0.5) is 4.39 Å². The fraction of sp³-hybridized carbons (Fsp3) is 0.364. The Labute approximate surface area is 163 Å². The lowest BCUT2D eigenvalue weighted by Gasteiger charge is -2.40. The highest BCUT2D eigenvalue weighted by atomic mass is 19.1. The largest absolute Gasteiger partial charge is 0.469 e. The van der Waals surface area contributed by atoms with Gasteiger partial charge in [0, 0.05) is 19.1 Å². The quantitative estimate of drug-likeness (QED) is 0.763. The molecule has 146 valence electrons.